The summed E-state index contributed by atoms with van der Waals surface area (Å²) in [4.78, 5) is 0. The Morgan fingerprint density at radius 1 is 1.21 bits per heavy atom. The van der Waals surface area contributed by atoms with Gasteiger partial charge in [-0.25, -0.2) is 17.8 Å². The van der Waals surface area contributed by atoms with Crippen molar-refractivity contribution in [3.05, 3.63) is 48.2 Å². The molecule has 130 valence electrons. The first-order chi connectivity index (χ1) is 11.6. The van der Waals surface area contributed by atoms with Crippen LogP contribution in [-0.4, -0.2) is 44.4 Å². The van der Waals surface area contributed by atoms with Crippen LogP contribution in [0.5, 0.6) is 0 Å². The molecule has 1 aromatic carbocycles. The summed E-state index contributed by atoms with van der Waals surface area (Å²) in [5.74, 6) is 1.51. The van der Waals surface area contributed by atoms with E-state index in [0.29, 0.717) is 19.0 Å². The Bertz CT molecular complexity index is 745. The van der Waals surface area contributed by atoms with Gasteiger partial charge in [0.2, 0.25) is 10.0 Å². The van der Waals surface area contributed by atoms with Crippen LogP contribution in [-0.2, 0) is 22.3 Å². The summed E-state index contributed by atoms with van der Waals surface area (Å²) in [7, 11) is -3.29. The van der Waals surface area contributed by atoms with Gasteiger partial charge in [-0.05, 0) is 5.56 Å². The van der Waals surface area contributed by atoms with Crippen LogP contribution in [0.15, 0.2) is 42.6 Å². The minimum atomic E-state index is -3.29. The molecular formula is C16H23N5O2S. The van der Waals surface area contributed by atoms with Crippen molar-refractivity contribution in [1.82, 2.24) is 19.8 Å². The van der Waals surface area contributed by atoms with Crippen LogP contribution in [0.2, 0.25) is 0 Å². The fraction of sp³-hybridized carbons (Fsp3) is 0.438. The van der Waals surface area contributed by atoms with E-state index in [1.165, 1.54) is 0 Å². The second-order valence-corrected chi connectivity index (χ2v) is 7.80. The molecule has 24 heavy (non-hydrogen) atoms. The molecule has 0 aliphatic carbocycles. The molecule has 1 aromatic heterocycles. The van der Waals surface area contributed by atoms with Crippen LogP contribution in [0.3, 0.4) is 0 Å². The van der Waals surface area contributed by atoms with Gasteiger partial charge in [-0.2, -0.15) is 5.10 Å². The Hall–Kier alpha value is -1.90. The zero-order valence-corrected chi connectivity index (χ0v) is 14.3. The molecule has 8 heteroatoms. The summed E-state index contributed by atoms with van der Waals surface area (Å²) >= 11 is 0. The molecule has 0 spiro atoms. The standard InChI is InChI=1S/C16H23N5O2S/c22-24(23,13-14-4-2-1-3-5-14)20-9-8-17-10-15-11-18-16-6-7-19-21(16)12-15/h1-7,15,17-18,20H,8-13H2/t15-/m0/s1. The molecule has 0 fully saturated rings. The predicted octanol–water partition coefficient (Wildman–Crippen LogP) is 0.634. The minimum Gasteiger partial charge on any atom is -0.370 e. The maximum atomic E-state index is 12.0. The summed E-state index contributed by atoms with van der Waals surface area (Å²) in [6, 6.07) is 11.2. The number of aromatic nitrogens is 2. The number of nitrogens with zero attached hydrogens (tertiary/aromatic N) is 2. The first kappa shape index (κ1) is 16.9. The Morgan fingerprint density at radius 2 is 2.04 bits per heavy atom. The van der Waals surface area contributed by atoms with E-state index in [1.807, 2.05) is 41.1 Å². The van der Waals surface area contributed by atoms with Gasteiger partial charge in [0, 0.05) is 44.7 Å². The molecule has 0 unspecified atom stereocenters. The number of sulfonamides is 1. The first-order valence-corrected chi connectivity index (χ1v) is 9.75. The average Bonchev–Trinajstić information content (AvgIpc) is 3.02. The van der Waals surface area contributed by atoms with Gasteiger partial charge in [0.25, 0.3) is 0 Å². The number of nitrogens with one attached hydrogen (secondary N) is 3. The fourth-order valence-corrected chi connectivity index (χ4v) is 3.92. The van der Waals surface area contributed by atoms with E-state index in [9.17, 15) is 8.42 Å². The van der Waals surface area contributed by atoms with E-state index in [-0.39, 0.29) is 5.75 Å². The summed E-state index contributed by atoms with van der Waals surface area (Å²) in [6.07, 6.45) is 1.79. The van der Waals surface area contributed by atoms with Crippen molar-refractivity contribution in [2.24, 2.45) is 5.92 Å². The van der Waals surface area contributed by atoms with Crippen molar-refractivity contribution in [3.63, 3.8) is 0 Å². The zero-order valence-electron chi connectivity index (χ0n) is 13.5. The molecule has 3 N–H and O–H groups in total. The maximum Gasteiger partial charge on any atom is 0.215 e. The van der Waals surface area contributed by atoms with Gasteiger partial charge in [0.05, 0.1) is 11.9 Å². The normalized spacial score (nSPS) is 17.2. The lowest BCUT2D eigenvalue weighted by Gasteiger charge is -2.25. The molecule has 7 nitrogen and oxygen atoms in total. The van der Waals surface area contributed by atoms with Gasteiger partial charge in [0.1, 0.15) is 5.82 Å². The molecular weight excluding hydrogens is 326 g/mol. The van der Waals surface area contributed by atoms with Crippen molar-refractivity contribution in [2.75, 3.05) is 31.5 Å². The molecule has 0 bridgehead atoms. The molecule has 0 saturated carbocycles. The number of fused-ring (bicyclic) bond motifs is 1. The summed E-state index contributed by atoms with van der Waals surface area (Å²) in [5.41, 5.74) is 0.793. The maximum absolute atomic E-state index is 12.0. The second-order valence-electron chi connectivity index (χ2n) is 5.99. The van der Waals surface area contributed by atoms with Crippen molar-refractivity contribution in [2.45, 2.75) is 12.3 Å². The number of hydrogen-bond donors (Lipinski definition) is 3. The van der Waals surface area contributed by atoms with Gasteiger partial charge in [-0.15, -0.1) is 0 Å². The predicted molar refractivity (Wildman–Crippen MR) is 94.1 cm³/mol. The van der Waals surface area contributed by atoms with Crippen LogP contribution >= 0.6 is 0 Å². The molecule has 0 amide bonds. The highest BCUT2D eigenvalue weighted by Crippen LogP contribution is 2.15. The zero-order chi connectivity index (χ0) is 16.8. The molecule has 1 aliphatic heterocycles. The number of rotatable bonds is 8. The molecule has 1 aliphatic rings. The Morgan fingerprint density at radius 3 is 2.88 bits per heavy atom. The molecule has 1 atom stereocenters. The lowest BCUT2D eigenvalue weighted by molar-refractivity contribution is 0.393. The van der Waals surface area contributed by atoms with Crippen LogP contribution in [0.1, 0.15) is 5.56 Å². The third-order valence-electron chi connectivity index (χ3n) is 3.98. The van der Waals surface area contributed by atoms with Crippen molar-refractivity contribution < 1.29 is 8.42 Å². The average molecular weight is 349 g/mol. The van der Waals surface area contributed by atoms with Gasteiger partial charge in [-0.3, -0.25) is 0 Å². The number of benzene rings is 1. The number of anilines is 1. The number of hydrogen-bond acceptors (Lipinski definition) is 5. The smallest absolute Gasteiger partial charge is 0.215 e. The quantitative estimate of drug-likeness (QED) is 0.609. The lowest BCUT2D eigenvalue weighted by Crippen LogP contribution is -2.38. The van der Waals surface area contributed by atoms with Gasteiger partial charge >= 0.3 is 0 Å². The third-order valence-corrected chi connectivity index (χ3v) is 5.33. The highest BCUT2D eigenvalue weighted by Gasteiger charge is 2.17. The Labute approximate surface area is 142 Å². The third kappa shape index (κ3) is 4.80. The first-order valence-electron chi connectivity index (χ1n) is 8.10. The summed E-state index contributed by atoms with van der Waals surface area (Å²) in [6.45, 7) is 3.60. The second kappa shape index (κ2) is 7.78. The van der Waals surface area contributed by atoms with Crippen LogP contribution in [0.25, 0.3) is 0 Å². The van der Waals surface area contributed by atoms with E-state index in [4.69, 9.17) is 0 Å². The summed E-state index contributed by atoms with van der Waals surface area (Å²) in [5, 5.41) is 10.9. The van der Waals surface area contributed by atoms with E-state index < -0.39 is 10.0 Å². The van der Waals surface area contributed by atoms with E-state index in [1.54, 1.807) is 6.20 Å². The topological polar surface area (TPSA) is 88.1 Å². The molecule has 0 radical (unpaired) electrons. The Balaban J connectivity index is 1.34. The van der Waals surface area contributed by atoms with E-state index in [2.05, 4.69) is 20.5 Å². The van der Waals surface area contributed by atoms with Crippen LogP contribution in [0, 0.1) is 5.92 Å². The fourth-order valence-electron chi connectivity index (χ4n) is 2.77. The van der Waals surface area contributed by atoms with Crippen molar-refractivity contribution in [3.8, 4) is 0 Å². The highest BCUT2D eigenvalue weighted by molar-refractivity contribution is 7.88. The molecule has 3 rings (SSSR count). The van der Waals surface area contributed by atoms with Gasteiger partial charge < -0.3 is 10.6 Å². The summed E-state index contributed by atoms with van der Waals surface area (Å²) < 4.78 is 28.6. The highest BCUT2D eigenvalue weighted by atomic mass is 32.2. The largest absolute Gasteiger partial charge is 0.370 e. The van der Waals surface area contributed by atoms with Crippen LogP contribution in [0.4, 0.5) is 5.82 Å². The van der Waals surface area contributed by atoms with Crippen molar-refractivity contribution >= 4 is 15.8 Å². The molecule has 2 aromatic rings. The Kier molecular flexibility index (Phi) is 5.49. The lowest BCUT2D eigenvalue weighted by atomic mass is 10.1. The monoisotopic (exact) mass is 349 g/mol. The van der Waals surface area contributed by atoms with E-state index in [0.717, 1.165) is 31.0 Å². The molecule has 2 heterocycles. The van der Waals surface area contributed by atoms with Crippen molar-refractivity contribution in [1.29, 1.82) is 0 Å². The van der Waals surface area contributed by atoms with Gasteiger partial charge in [-0.1, -0.05) is 30.3 Å². The van der Waals surface area contributed by atoms with Crippen LogP contribution < -0.4 is 15.4 Å². The minimum absolute atomic E-state index is 0.0163. The molecule has 0 saturated heterocycles. The SMILES string of the molecule is O=S(=O)(Cc1ccccc1)NCCNC[C@H]1CNc2ccnn2C1. The van der Waals surface area contributed by atoms with E-state index >= 15 is 0 Å². The van der Waals surface area contributed by atoms with Gasteiger partial charge in [0.15, 0.2) is 0 Å².